The molecule has 0 spiro atoms. The molecule has 11 nitrogen and oxygen atoms in total. The van der Waals surface area contributed by atoms with Crippen LogP contribution in [0.5, 0.6) is 5.75 Å². The zero-order valence-electron chi connectivity index (χ0n) is 30.5. The molecule has 1 aliphatic rings. The van der Waals surface area contributed by atoms with Gasteiger partial charge in [-0.15, -0.1) is 0 Å². The fourth-order valence-corrected chi connectivity index (χ4v) is 7.51. The van der Waals surface area contributed by atoms with Gasteiger partial charge in [0.05, 0.1) is 41.0 Å². The smallest absolute Gasteiger partial charge is 0.323 e. The summed E-state index contributed by atoms with van der Waals surface area (Å²) in [4.78, 5) is 29.5. The van der Waals surface area contributed by atoms with Gasteiger partial charge < -0.3 is 30.1 Å². The Hall–Kier alpha value is -4.49. The number of likely N-dealkylation sites (N-methyl/N-ethyl adjacent to an activating group) is 1. The van der Waals surface area contributed by atoms with E-state index in [2.05, 4.69) is 10.6 Å². The molecule has 1 heterocycles. The van der Waals surface area contributed by atoms with Gasteiger partial charge in [0.25, 0.3) is 5.91 Å². The number of hydrogen-bond donors (Lipinski definition) is 3. The molecular formula is C40H50N4O7S. The van der Waals surface area contributed by atoms with E-state index < -0.39 is 34.1 Å². The van der Waals surface area contributed by atoms with Crippen molar-refractivity contribution in [2.45, 2.75) is 70.1 Å². The van der Waals surface area contributed by atoms with Gasteiger partial charge in [-0.25, -0.2) is 13.2 Å². The standard InChI is InChI=1S/C40H50N4O7S/c1-27-16-19-33(20-17-27)52(48,49)43(5)25-38-28(2)24-44(29(3)26-45)39(46)35-23-32(18-21-37(35)51-30(4)11-8-9-22-50-38)41-40(47)42-36-15-10-13-31-12-6-7-14-34(31)36/h6-7,10,12-21,23,28-30,38,45H,8-9,11,22,24-26H2,1-5H3,(H2,41,42,47)/t28-,29-,30-,38+/m1/s1. The highest BCUT2D eigenvalue weighted by Gasteiger charge is 2.32. The number of nitrogens with zero attached hydrogens (tertiary/aromatic N) is 2. The number of ether oxygens (including phenoxy) is 2. The Bertz CT molecular complexity index is 1950. The number of carbonyl (C=O) groups excluding carboxylic acids is 2. The SMILES string of the molecule is Cc1ccc(S(=O)(=O)N(C)C[C@@H]2OCCCC[C@@H](C)Oc3ccc(NC(=O)Nc4cccc5ccccc45)cc3C(=O)N([C@H](C)CO)C[C@H]2C)cc1. The Labute approximate surface area is 307 Å². The molecule has 3 amide bonds. The van der Waals surface area contributed by atoms with E-state index in [1.807, 2.05) is 63.2 Å². The molecule has 0 saturated carbocycles. The summed E-state index contributed by atoms with van der Waals surface area (Å²) in [6.07, 6.45) is 1.46. The van der Waals surface area contributed by atoms with Crippen LogP contribution in [-0.4, -0.2) is 86.3 Å². The maximum atomic E-state index is 14.5. The minimum Gasteiger partial charge on any atom is -0.490 e. The number of rotatable bonds is 8. The number of carbonyl (C=O) groups is 2. The molecule has 0 bridgehead atoms. The van der Waals surface area contributed by atoms with Crippen molar-refractivity contribution in [3.8, 4) is 5.75 Å². The van der Waals surface area contributed by atoms with E-state index in [-0.39, 0.29) is 42.2 Å². The number of sulfonamides is 1. The Balaban J connectivity index is 1.41. The molecule has 278 valence electrons. The summed E-state index contributed by atoms with van der Waals surface area (Å²) in [6, 6.07) is 24.1. The minimum absolute atomic E-state index is 0.0723. The lowest BCUT2D eigenvalue weighted by atomic mass is 10.0. The van der Waals surface area contributed by atoms with Crippen LogP contribution in [0.1, 0.15) is 56.0 Å². The molecule has 5 rings (SSSR count). The van der Waals surface area contributed by atoms with E-state index in [1.54, 1.807) is 54.3 Å². The molecule has 4 atom stereocenters. The summed E-state index contributed by atoms with van der Waals surface area (Å²) in [7, 11) is -2.26. The number of aryl methyl sites for hydroxylation is 1. The molecule has 0 aromatic heterocycles. The van der Waals surface area contributed by atoms with Crippen LogP contribution in [0.3, 0.4) is 0 Å². The fourth-order valence-electron chi connectivity index (χ4n) is 6.32. The van der Waals surface area contributed by atoms with Crippen LogP contribution in [0.25, 0.3) is 10.8 Å². The second kappa shape index (κ2) is 17.4. The van der Waals surface area contributed by atoms with Crippen molar-refractivity contribution in [3.05, 3.63) is 96.1 Å². The van der Waals surface area contributed by atoms with Crippen LogP contribution in [0.15, 0.2) is 89.8 Å². The lowest BCUT2D eigenvalue weighted by Crippen LogP contribution is -2.48. The van der Waals surface area contributed by atoms with E-state index in [0.717, 1.165) is 29.2 Å². The highest BCUT2D eigenvalue weighted by Crippen LogP contribution is 2.30. The number of aliphatic hydroxyl groups excluding tert-OH is 1. The first-order valence-electron chi connectivity index (χ1n) is 17.8. The zero-order chi connectivity index (χ0) is 37.4. The van der Waals surface area contributed by atoms with Crippen molar-refractivity contribution in [1.82, 2.24) is 9.21 Å². The molecular weight excluding hydrogens is 681 g/mol. The lowest BCUT2D eigenvalue weighted by Gasteiger charge is -2.35. The predicted molar refractivity (Wildman–Crippen MR) is 204 cm³/mol. The van der Waals surface area contributed by atoms with E-state index in [4.69, 9.17) is 9.47 Å². The van der Waals surface area contributed by atoms with Crippen LogP contribution in [0, 0.1) is 12.8 Å². The van der Waals surface area contributed by atoms with Crippen LogP contribution in [0.4, 0.5) is 16.2 Å². The first kappa shape index (κ1) is 38.7. The summed E-state index contributed by atoms with van der Waals surface area (Å²) in [5, 5.41) is 18.0. The van der Waals surface area contributed by atoms with Crippen LogP contribution in [-0.2, 0) is 14.8 Å². The van der Waals surface area contributed by atoms with Gasteiger partial charge in [-0.1, -0.05) is 61.0 Å². The number of anilines is 2. The second-order valence-electron chi connectivity index (χ2n) is 13.7. The Morgan fingerprint density at radius 1 is 1.00 bits per heavy atom. The summed E-state index contributed by atoms with van der Waals surface area (Å²) in [5.41, 5.74) is 2.22. The number of nitrogens with one attached hydrogen (secondary N) is 2. The fraction of sp³-hybridized carbons (Fsp3) is 0.400. The van der Waals surface area contributed by atoms with Gasteiger partial charge in [0.15, 0.2) is 0 Å². The predicted octanol–water partition coefficient (Wildman–Crippen LogP) is 6.91. The molecule has 1 aliphatic heterocycles. The third kappa shape index (κ3) is 9.48. The lowest BCUT2D eigenvalue weighted by molar-refractivity contribution is -0.00833. The number of urea groups is 1. The summed E-state index contributed by atoms with van der Waals surface area (Å²) in [5.74, 6) is -0.355. The third-order valence-electron chi connectivity index (χ3n) is 9.51. The number of fused-ring (bicyclic) bond motifs is 2. The van der Waals surface area contributed by atoms with E-state index in [0.29, 0.717) is 30.2 Å². The largest absolute Gasteiger partial charge is 0.490 e. The monoisotopic (exact) mass is 730 g/mol. The van der Waals surface area contributed by atoms with Gasteiger partial charge in [-0.3, -0.25) is 4.79 Å². The number of aliphatic hydroxyl groups is 1. The van der Waals surface area contributed by atoms with Gasteiger partial charge in [0.1, 0.15) is 5.75 Å². The van der Waals surface area contributed by atoms with Crippen molar-refractivity contribution >= 4 is 44.1 Å². The molecule has 0 fully saturated rings. The van der Waals surface area contributed by atoms with Gasteiger partial charge >= 0.3 is 6.03 Å². The molecule has 4 aromatic rings. The second-order valence-corrected chi connectivity index (χ2v) is 15.8. The van der Waals surface area contributed by atoms with Crippen LogP contribution >= 0.6 is 0 Å². The number of benzene rings is 4. The van der Waals surface area contributed by atoms with Crippen molar-refractivity contribution < 1.29 is 32.6 Å². The molecule has 0 unspecified atom stereocenters. The average Bonchev–Trinajstić information content (AvgIpc) is 3.13. The number of hydrogen-bond acceptors (Lipinski definition) is 7. The topological polar surface area (TPSA) is 138 Å². The quantitative estimate of drug-likeness (QED) is 0.179. The van der Waals surface area contributed by atoms with Crippen molar-refractivity contribution in [3.63, 3.8) is 0 Å². The molecule has 0 radical (unpaired) electrons. The summed E-state index contributed by atoms with van der Waals surface area (Å²) >= 11 is 0. The first-order chi connectivity index (χ1) is 24.9. The van der Waals surface area contributed by atoms with E-state index >= 15 is 0 Å². The van der Waals surface area contributed by atoms with Gasteiger partial charge in [-0.2, -0.15) is 4.31 Å². The maximum absolute atomic E-state index is 14.5. The van der Waals surface area contributed by atoms with Gasteiger partial charge in [0.2, 0.25) is 10.0 Å². The first-order valence-corrected chi connectivity index (χ1v) is 19.2. The molecule has 0 saturated heterocycles. The molecule has 52 heavy (non-hydrogen) atoms. The van der Waals surface area contributed by atoms with Crippen LogP contribution in [0.2, 0.25) is 0 Å². The van der Waals surface area contributed by atoms with Gasteiger partial charge in [0, 0.05) is 43.7 Å². The van der Waals surface area contributed by atoms with E-state index in [9.17, 15) is 23.1 Å². The average molecular weight is 731 g/mol. The van der Waals surface area contributed by atoms with E-state index in [1.165, 1.54) is 11.4 Å². The third-order valence-corrected chi connectivity index (χ3v) is 11.4. The van der Waals surface area contributed by atoms with Crippen molar-refractivity contribution in [2.24, 2.45) is 5.92 Å². The summed E-state index contributed by atoms with van der Waals surface area (Å²) < 4.78 is 41.0. The molecule has 0 aliphatic carbocycles. The highest BCUT2D eigenvalue weighted by atomic mass is 32.2. The normalized spacial score (nSPS) is 19.7. The minimum atomic E-state index is -3.80. The molecule has 4 aromatic carbocycles. The summed E-state index contributed by atoms with van der Waals surface area (Å²) in [6.45, 7) is 7.86. The molecule has 12 heteroatoms. The molecule has 3 N–H and O–H groups in total. The maximum Gasteiger partial charge on any atom is 0.323 e. The van der Waals surface area contributed by atoms with Gasteiger partial charge in [-0.05, 0) is 81.8 Å². The Kier molecular flexibility index (Phi) is 12.9. The highest BCUT2D eigenvalue weighted by molar-refractivity contribution is 7.89. The Morgan fingerprint density at radius 2 is 1.73 bits per heavy atom. The Morgan fingerprint density at radius 3 is 2.48 bits per heavy atom. The zero-order valence-corrected chi connectivity index (χ0v) is 31.4. The van der Waals surface area contributed by atoms with Crippen LogP contribution < -0.4 is 15.4 Å². The van der Waals surface area contributed by atoms with Crippen molar-refractivity contribution in [1.29, 1.82) is 0 Å². The van der Waals surface area contributed by atoms with Crippen molar-refractivity contribution in [2.75, 3.05) is 44.0 Å². The number of amides is 3.